The van der Waals surface area contributed by atoms with E-state index in [1.54, 1.807) is 25.1 Å². The van der Waals surface area contributed by atoms with Crippen molar-refractivity contribution in [2.24, 2.45) is 0 Å². The summed E-state index contributed by atoms with van der Waals surface area (Å²) in [4.78, 5) is -0.376. The molecule has 176 valence electrons. The molecule has 34 heavy (non-hydrogen) atoms. The Morgan fingerprint density at radius 3 is 1.91 bits per heavy atom. The molecule has 0 aliphatic carbocycles. The minimum absolute atomic E-state index is 0.110. The Kier molecular flexibility index (Phi) is 7.39. The fourth-order valence-electron chi connectivity index (χ4n) is 3.10. The third-order valence-corrected chi connectivity index (χ3v) is 8.81. The minimum atomic E-state index is -5.10. The minimum Gasteiger partial charge on any atom is -0.372 e. The normalized spacial score (nSPS) is 12.9. The van der Waals surface area contributed by atoms with E-state index in [4.69, 9.17) is 4.18 Å². The highest BCUT2D eigenvalue weighted by Crippen LogP contribution is 2.35. The van der Waals surface area contributed by atoms with Crippen molar-refractivity contribution in [1.29, 1.82) is 0 Å². The topological polar surface area (TPSA) is 43.4 Å². The van der Waals surface area contributed by atoms with E-state index >= 15 is 0 Å². The van der Waals surface area contributed by atoms with Crippen LogP contribution in [0.4, 0.5) is 13.2 Å². The highest BCUT2D eigenvalue weighted by atomic mass is 32.2. The smallest absolute Gasteiger partial charge is 0.372 e. The van der Waals surface area contributed by atoms with E-state index in [0.717, 1.165) is 10.8 Å². The molecule has 0 bridgehead atoms. The summed E-state index contributed by atoms with van der Waals surface area (Å²) < 4.78 is 72.9. The van der Waals surface area contributed by atoms with Crippen LogP contribution in [0, 0.1) is 18.4 Å². The second kappa shape index (κ2) is 9.91. The summed E-state index contributed by atoms with van der Waals surface area (Å²) in [5, 5.41) is 0.941. The second-order valence-electron chi connectivity index (χ2n) is 8.16. The van der Waals surface area contributed by atoms with Gasteiger partial charge < -0.3 is 4.18 Å². The lowest BCUT2D eigenvalue weighted by Crippen LogP contribution is -2.40. The number of halogens is 3. The molecule has 0 aliphatic rings. The summed E-state index contributed by atoms with van der Waals surface area (Å²) in [5.74, 6) is 0.984. The van der Waals surface area contributed by atoms with Gasteiger partial charge in [-0.25, -0.2) is 0 Å². The average Bonchev–Trinajstić information content (AvgIpc) is 2.79. The monoisotopic (exact) mass is 500 g/mol. The molecule has 8 heteroatoms. The standard InChI is InChI=1S/C26H23F3O3SSi/c1-20-14-16-22(17-15-20)33(30,31)32-25(26(27,28)29)24(21-10-6-4-7-11-21)18-19-34(2,3)23-12-8-5-9-13-23/h4-17H,1-3H3/b25-24+. The van der Waals surface area contributed by atoms with E-state index in [-0.39, 0.29) is 10.5 Å². The molecule has 3 nitrogen and oxygen atoms in total. The molecule has 0 fully saturated rings. The first-order valence-corrected chi connectivity index (χ1v) is 14.8. The van der Waals surface area contributed by atoms with E-state index in [0.29, 0.717) is 0 Å². The molecule has 0 heterocycles. The summed E-state index contributed by atoms with van der Waals surface area (Å²) in [7, 11) is -7.23. The van der Waals surface area contributed by atoms with Gasteiger partial charge in [-0.05, 0) is 29.8 Å². The Bertz CT molecular complexity index is 1340. The van der Waals surface area contributed by atoms with Crippen molar-refractivity contribution < 1.29 is 25.8 Å². The van der Waals surface area contributed by atoms with Gasteiger partial charge in [0, 0.05) is 0 Å². The Morgan fingerprint density at radius 2 is 1.38 bits per heavy atom. The first-order chi connectivity index (χ1) is 15.9. The molecule has 0 unspecified atom stereocenters. The van der Waals surface area contributed by atoms with Crippen LogP contribution in [0.2, 0.25) is 13.1 Å². The molecule has 0 aliphatic heterocycles. The van der Waals surface area contributed by atoms with E-state index in [1.165, 1.54) is 36.4 Å². The fraction of sp³-hybridized carbons (Fsp3) is 0.154. The van der Waals surface area contributed by atoms with Crippen molar-refractivity contribution >= 4 is 29.0 Å². The average molecular weight is 501 g/mol. The van der Waals surface area contributed by atoms with Gasteiger partial charge >= 0.3 is 16.3 Å². The van der Waals surface area contributed by atoms with Crippen LogP contribution < -0.4 is 5.19 Å². The molecule has 0 amide bonds. The Morgan fingerprint density at radius 1 is 0.853 bits per heavy atom. The van der Waals surface area contributed by atoms with Gasteiger partial charge in [-0.1, -0.05) is 97.4 Å². The number of aryl methyl sites for hydroxylation is 1. The highest BCUT2D eigenvalue weighted by molar-refractivity contribution is 7.86. The lowest BCUT2D eigenvalue weighted by molar-refractivity contribution is -0.114. The summed E-state index contributed by atoms with van der Waals surface area (Å²) in [6.45, 7) is 5.56. The maximum Gasteiger partial charge on any atom is 0.452 e. The zero-order chi connectivity index (χ0) is 25.0. The van der Waals surface area contributed by atoms with Crippen LogP contribution in [0.15, 0.2) is 95.6 Å². The molecule has 0 atom stereocenters. The van der Waals surface area contributed by atoms with Crippen LogP contribution in [-0.2, 0) is 14.3 Å². The van der Waals surface area contributed by atoms with Gasteiger partial charge in [0.2, 0.25) is 5.76 Å². The van der Waals surface area contributed by atoms with Crippen molar-refractivity contribution in [2.75, 3.05) is 0 Å². The molecule has 0 radical (unpaired) electrons. The van der Waals surface area contributed by atoms with E-state index in [9.17, 15) is 21.6 Å². The number of rotatable bonds is 5. The zero-order valence-electron chi connectivity index (χ0n) is 18.8. The van der Waals surface area contributed by atoms with Gasteiger partial charge in [-0.3, -0.25) is 0 Å². The fourth-order valence-corrected chi connectivity index (χ4v) is 5.67. The van der Waals surface area contributed by atoms with Gasteiger partial charge in [0.1, 0.15) is 4.90 Å². The number of alkyl halides is 3. The highest BCUT2D eigenvalue weighted by Gasteiger charge is 2.42. The quantitative estimate of drug-likeness (QED) is 0.192. The van der Waals surface area contributed by atoms with Gasteiger partial charge in [0.05, 0.1) is 5.57 Å². The van der Waals surface area contributed by atoms with E-state index in [1.807, 2.05) is 43.4 Å². The SMILES string of the molecule is Cc1ccc(S(=O)(=O)O/C(=C(\C#C[Si](C)(C)c2ccccc2)c2ccccc2)C(F)(F)F)cc1. The summed E-state index contributed by atoms with van der Waals surface area (Å²) in [6.07, 6.45) is -5.10. The third-order valence-electron chi connectivity index (χ3n) is 5.05. The van der Waals surface area contributed by atoms with Crippen molar-refractivity contribution in [3.8, 4) is 11.5 Å². The maximum atomic E-state index is 14.2. The number of hydrogen-bond donors (Lipinski definition) is 0. The lowest BCUT2D eigenvalue weighted by Gasteiger charge is -2.18. The molecule has 0 saturated carbocycles. The van der Waals surface area contributed by atoms with Gasteiger partial charge in [-0.15, -0.1) is 5.54 Å². The predicted molar refractivity (Wildman–Crippen MR) is 130 cm³/mol. The van der Waals surface area contributed by atoms with Crippen LogP contribution in [0.5, 0.6) is 0 Å². The molecule has 3 rings (SSSR count). The van der Waals surface area contributed by atoms with Crippen LogP contribution in [0.1, 0.15) is 11.1 Å². The molecule has 0 spiro atoms. The largest absolute Gasteiger partial charge is 0.452 e. The van der Waals surface area contributed by atoms with E-state index < -0.39 is 35.7 Å². The van der Waals surface area contributed by atoms with Crippen LogP contribution in [0.3, 0.4) is 0 Å². The van der Waals surface area contributed by atoms with Crippen LogP contribution in [0.25, 0.3) is 5.57 Å². The van der Waals surface area contributed by atoms with Crippen molar-refractivity contribution in [1.82, 2.24) is 0 Å². The number of allylic oxidation sites excluding steroid dienone is 2. The van der Waals surface area contributed by atoms with Gasteiger partial charge in [0.25, 0.3) is 0 Å². The lowest BCUT2D eigenvalue weighted by atomic mass is 10.1. The molecular formula is C26H23F3O3SSi. The Balaban J connectivity index is 2.20. The van der Waals surface area contributed by atoms with Gasteiger partial charge in [-0.2, -0.15) is 21.6 Å². The van der Waals surface area contributed by atoms with Crippen molar-refractivity contribution in [3.05, 3.63) is 102 Å². The summed E-state index contributed by atoms with van der Waals surface area (Å²) >= 11 is 0. The molecule has 0 saturated heterocycles. The molecule has 0 N–H and O–H groups in total. The van der Waals surface area contributed by atoms with E-state index in [2.05, 4.69) is 11.5 Å². The Labute approximate surface area is 199 Å². The maximum absolute atomic E-state index is 14.2. The summed E-state index contributed by atoms with van der Waals surface area (Å²) in [6, 6.07) is 22.3. The first kappa shape index (κ1) is 25.3. The molecular weight excluding hydrogens is 477 g/mol. The molecule has 0 aromatic heterocycles. The van der Waals surface area contributed by atoms with Crippen molar-refractivity contribution in [2.45, 2.75) is 31.1 Å². The van der Waals surface area contributed by atoms with Crippen LogP contribution in [-0.4, -0.2) is 22.7 Å². The number of benzene rings is 3. The zero-order valence-corrected chi connectivity index (χ0v) is 20.7. The third kappa shape index (κ3) is 6.19. The van der Waals surface area contributed by atoms with Gasteiger partial charge in [0.15, 0.2) is 8.07 Å². The number of hydrogen-bond acceptors (Lipinski definition) is 3. The second-order valence-corrected chi connectivity index (χ2v) is 13.8. The van der Waals surface area contributed by atoms with Crippen LogP contribution >= 0.6 is 0 Å². The predicted octanol–water partition coefficient (Wildman–Crippen LogP) is 5.83. The summed E-state index contributed by atoms with van der Waals surface area (Å²) in [5.41, 5.74) is 3.36. The Hall–Kier alpha value is -3.28. The van der Waals surface area contributed by atoms with Crippen molar-refractivity contribution in [3.63, 3.8) is 0 Å². The molecule has 3 aromatic carbocycles. The first-order valence-electron chi connectivity index (χ1n) is 10.4. The molecule has 3 aromatic rings.